The zero-order valence-electron chi connectivity index (χ0n) is 15.2. The molecule has 0 fully saturated rings. The quantitative estimate of drug-likeness (QED) is 0.757. The Morgan fingerprint density at radius 1 is 1.26 bits per heavy atom. The van der Waals surface area contributed by atoms with Crippen LogP contribution < -0.4 is 5.32 Å². The summed E-state index contributed by atoms with van der Waals surface area (Å²) in [5.74, 6) is -1.65. The Bertz CT molecular complexity index is 839. The fourth-order valence-corrected chi connectivity index (χ4v) is 4.23. The summed E-state index contributed by atoms with van der Waals surface area (Å²) < 4.78 is 15.3. The molecule has 3 rings (SSSR count). The molecule has 0 bridgehead atoms. The number of fused-ring (bicyclic) bond motifs is 1. The highest BCUT2D eigenvalue weighted by Crippen LogP contribution is 2.38. The molecule has 0 aromatic carbocycles. The molecule has 2 aromatic rings. The number of hydrogen-bond acceptors (Lipinski definition) is 7. The van der Waals surface area contributed by atoms with Crippen molar-refractivity contribution in [2.75, 3.05) is 11.9 Å². The molecule has 0 aliphatic heterocycles. The summed E-state index contributed by atoms with van der Waals surface area (Å²) in [6.07, 6.45) is 4.03. The van der Waals surface area contributed by atoms with Crippen LogP contribution in [-0.2, 0) is 27.1 Å². The summed E-state index contributed by atoms with van der Waals surface area (Å²) in [4.78, 5) is 37.9. The van der Waals surface area contributed by atoms with Crippen molar-refractivity contribution in [2.45, 2.75) is 45.6 Å². The predicted octanol–water partition coefficient (Wildman–Crippen LogP) is 3.58. The Hall–Kier alpha value is -2.61. The number of amides is 1. The van der Waals surface area contributed by atoms with Crippen LogP contribution in [-0.4, -0.2) is 30.6 Å². The van der Waals surface area contributed by atoms with E-state index in [1.807, 2.05) is 0 Å². The van der Waals surface area contributed by atoms with Crippen molar-refractivity contribution in [2.24, 2.45) is 0 Å². The number of thiophene rings is 1. The molecule has 8 heteroatoms. The zero-order valence-corrected chi connectivity index (χ0v) is 16.0. The largest absolute Gasteiger partial charge is 0.462 e. The third-order valence-corrected chi connectivity index (χ3v) is 5.47. The van der Waals surface area contributed by atoms with E-state index < -0.39 is 23.9 Å². The van der Waals surface area contributed by atoms with Crippen LogP contribution in [0.15, 0.2) is 22.8 Å². The fourth-order valence-electron chi connectivity index (χ4n) is 2.95. The molecule has 27 heavy (non-hydrogen) atoms. The molecule has 7 nitrogen and oxygen atoms in total. The number of ether oxygens (including phenoxy) is 2. The molecule has 1 atom stereocenters. The van der Waals surface area contributed by atoms with Gasteiger partial charge in [-0.1, -0.05) is 0 Å². The smallest absolute Gasteiger partial charge is 0.374 e. The van der Waals surface area contributed by atoms with E-state index in [2.05, 4.69) is 5.32 Å². The van der Waals surface area contributed by atoms with Crippen LogP contribution in [0, 0.1) is 0 Å². The van der Waals surface area contributed by atoms with Crippen LogP contribution in [0.5, 0.6) is 0 Å². The van der Waals surface area contributed by atoms with Gasteiger partial charge in [0.2, 0.25) is 5.76 Å². The first-order valence-electron chi connectivity index (χ1n) is 8.88. The minimum Gasteiger partial charge on any atom is -0.462 e. The number of esters is 2. The molecule has 1 amide bonds. The van der Waals surface area contributed by atoms with Crippen molar-refractivity contribution in [1.29, 1.82) is 0 Å². The van der Waals surface area contributed by atoms with Crippen molar-refractivity contribution in [3.8, 4) is 0 Å². The van der Waals surface area contributed by atoms with Crippen molar-refractivity contribution in [3.05, 3.63) is 40.2 Å². The van der Waals surface area contributed by atoms with Gasteiger partial charge in [-0.15, -0.1) is 11.3 Å². The number of hydrogen-bond donors (Lipinski definition) is 1. The Kier molecular flexibility index (Phi) is 5.95. The number of rotatable bonds is 6. The van der Waals surface area contributed by atoms with Crippen LogP contribution in [0.2, 0.25) is 0 Å². The lowest BCUT2D eigenvalue weighted by molar-refractivity contribution is -0.123. The van der Waals surface area contributed by atoms with Crippen LogP contribution >= 0.6 is 11.3 Å². The van der Waals surface area contributed by atoms with E-state index in [0.29, 0.717) is 10.6 Å². The van der Waals surface area contributed by atoms with Crippen molar-refractivity contribution in [1.82, 2.24) is 0 Å². The maximum atomic E-state index is 12.5. The molecule has 2 aromatic heterocycles. The summed E-state index contributed by atoms with van der Waals surface area (Å²) in [5, 5.41) is 3.18. The number of furan rings is 1. The fraction of sp³-hybridized carbons (Fsp3) is 0.421. The van der Waals surface area contributed by atoms with Gasteiger partial charge in [0.05, 0.1) is 18.4 Å². The lowest BCUT2D eigenvalue weighted by Crippen LogP contribution is -2.30. The minimum absolute atomic E-state index is 0.0217. The van der Waals surface area contributed by atoms with Crippen LogP contribution in [0.3, 0.4) is 0 Å². The summed E-state index contributed by atoms with van der Waals surface area (Å²) >= 11 is 1.39. The Morgan fingerprint density at radius 2 is 2.04 bits per heavy atom. The summed E-state index contributed by atoms with van der Waals surface area (Å²) in [7, 11) is 0. The Labute approximate surface area is 160 Å². The molecule has 2 heterocycles. The van der Waals surface area contributed by atoms with Gasteiger partial charge < -0.3 is 19.2 Å². The molecule has 1 unspecified atom stereocenters. The molecule has 1 aliphatic rings. The Balaban J connectivity index is 1.75. The summed E-state index contributed by atoms with van der Waals surface area (Å²) in [5.41, 5.74) is 1.38. The average Bonchev–Trinajstić information content (AvgIpc) is 3.29. The number of carbonyl (C=O) groups is 3. The second-order valence-electron chi connectivity index (χ2n) is 6.15. The standard InChI is InChI=1S/C19H21NO6S/c1-3-24-19(23)15-12-7-4-5-9-14(12)27-17(15)20-16(21)11(2)26-18(22)13-8-6-10-25-13/h6,8,10-11H,3-5,7,9H2,1-2H3,(H,20,21). The molecule has 1 N–H and O–H groups in total. The lowest BCUT2D eigenvalue weighted by Gasteiger charge is -2.14. The molecule has 0 saturated heterocycles. The number of carbonyl (C=O) groups excluding carboxylic acids is 3. The normalized spacial score (nSPS) is 14.1. The highest BCUT2D eigenvalue weighted by Gasteiger charge is 2.29. The molecular weight excluding hydrogens is 370 g/mol. The van der Waals surface area contributed by atoms with Crippen molar-refractivity contribution < 1.29 is 28.3 Å². The summed E-state index contributed by atoms with van der Waals surface area (Å²) in [6.45, 7) is 3.47. The number of nitrogens with one attached hydrogen (secondary N) is 1. The van der Waals surface area contributed by atoms with Gasteiger partial charge in [0, 0.05) is 4.88 Å². The predicted molar refractivity (Wildman–Crippen MR) is 99.1 cm³/mol. The molecular formula is C19H21NO6S. The minimum atomic E-state index is -1.04. The average molecular weight is 391 g/mol. The number of aryl methyl sites for hydroxylation is 1. The summed E-state index contributed by atoms with van der Waals surface area (Å²) in [6, 6.07) is 3.02. The van der Waals surface area contributed by atoms with Crippen LogP contribution in [0.1, 0.15) is 58.0 Å². The second kappa shape index (κ2) is 8.39. The van der Waals surface area contributed by atoms with Crippen molar-refractivity contribution >= 4 is 34.2 Å². The highest BCUT2D eigenvalue weighted by atomic mass is 32.1. The second-order valence-corrected chi connectivity index (χ2v) is 7.25. The first-order chi connectivity index (χ1) is 13.0. The van der Waals surface area contributed by atoms with E-state index in [0.717, 1.165) is 36.1 Å². The topological polar surface area (TPSA) is 94.8 Å². The molecule has 1 aliphatic carbocycles. The van der Waals surface area contributed by atoms with Gasteiger partial charge in [0.15, 0.2) is 6.10 Å². The van der Waals surface area contributed by atoms with E-state index in [4.69, 9.17) is 13.9 Å². The first kappa shape index (κ1) is 19.2. The van der Waals surface area contributed by atoms with Gasteiger partial charge in [-0.3, -0.25) is 4.79 Å². The van der Waals surface area contributed by atoms with E-state index >= 15 is 0 Å². The third kappa shape index (κ3) is 4.21. The third-order valence-electron chi connectivity index (χ3n) is 4.26. The van der Waals surface area contributed by atoms with Gasteiger partial charge in [0.1, 0.15) is 5.00 Å². The van der Waals surface area contributed by atoms with Crippen molar-refractivity contribution in [3.63, 3.8) is 0 Å². The molecule has 0 radical (unpaired) electrons. The number of anilines is 1. The van der Waals surface area contributed by atoms with Gasteiger partial charge in [-0.25, -0.2) is 9.59 Å². The monoisotopic (exact) mass is 391 g/mol. The van der Waals surface area contributed by atoms with Crippen LogP contribution in [0.4, 0.5) is 5.00 Å². The van der Waals surface area contributed by atoms with Crippen LogP contribution in [0.25, 0.3) is 0 Å². The molecule has 0 saturated carbocycles. The zero-order chi connectivity index (χ0) is 19.4. The van der Waals surface area contributed by atoms with E-state index in [9.17, 15) is 14.4 Å². The van der Waals surface area contributed by atoms with E-state index in [1.165, 1.54) is 30.6 Å². The van der Waals surface area contributed by atoms with E-state index in [-0.39, 0.29) is 12.4 Å². The van der Waals surface area contributed by atoms with E-state index in [1.54, 1.807) is 13.0 Å². The van der Waals surface area contributed by atoms with Gasteiger partial charge in [0.25, 0.3) is 5.91 Å². The Morgan fingerprint density at radius 3 is 2.74 bits per heavy atom. The first-order valence-corrected chi connectivity index (χ1v) is 9.70. The lowest BCUT2D eigenvalue weighted by atomic mass is 9.95. The maximum absolute atomic E-state index is 12.5. The van der Waals surface area contributed by atoms with Gasteiger partial charge in [-0.2, -0.15) is 0 Å². The highest BCUT2D eigenvalue weighted by molar-refractivity contribution is 7.17. The molecule has 144 valence electrons. The maximum Gasteiger partial charge on any atom is 0.374 e. The SMILES string of the molecule is CCOC(=O)c1c(NC(=O)C(C)OC(=O)c2ccco2)sc2c1CCCC2. The van der Waals surface area contributed by atoms with Gasteiger partial charge in [-0.05, 0) is 57.2 Å². The molecule has 0 spiro atoms. The van der Waals surface area contributed by atoms with Gasteiger partial charge >= 0.3 is 11.9 Å².